The van der Waals surface area contributed by atoms with Crippen LogP contribution in [0.15, 0.2) is 30.9 Å². The molecule has 2 aromatic heterocycles. The van der Waals surface area contributed by atoms with Crippen molar-refractivity contribution in [2.24, 2.45) is 5.92 Å². The van der Waals surface area contributed by atoms with Crippen molar-refractivity contribution in [2.75, 3.05) is 25.1 Å². The van der Waals surface area contributed by atoms with Gasteiger partial charge < -0.3 is 14.4 Å². The number of pyridine rings is 1. The molecule has 0 radical (unpaired) electrons. The number of nitrogens with zero attached hydrogens (tertiary/aromatic N) is 5. The number of ether oxygens (including phenoxy) is 2. The van der Waals surface area contributed by atoms with Crippen molar-refractivity contribution in [2.45, 2.75) is 12.8 Å². The van der Waals surface area contributed by atoms with Crippen LogP contribution < -0.4 is 9.64 Å². The van der Waals surface area contributed by atoms with E-state index in [1.165, 1.54) is 19.6 Å². The fourth-order valence-electron chi connectivity index (χ4n) is 2.83. The van der Waals surface area contributed by atoms with Crippen LogP contribution in [0, 0.1) is 16.0 Å². The summed E-state index contributed by atoms with van der Waals surface area (Å²) in [5.74, 6) is -0.106. The number of rotatable bonds is 5. The quantitative estimate of drug-likeness (QED) is 0.448. The summed E-state index contributed by atoms with van der Waals surface area (Å²) in [5.41, 5.74) is -0.312. The average Bonchev–Trinajstić information content (AvgIpc) is 2.68. The number of piperidine rings is 1. The topological polar surface area (TPSA) is 121 Å². The standard InChI is InChI=1S/C16H17N5O5/c1-25-16(22)11-4-7-20(8-5-11)14-13(21(23)24)15(19-10-18-14)26-12-3-2-6-17-9-12/h2-3,6,9-11H,4-5,7-8H2,1H3. The molecule has 26 heavy (non-hydrogen) atoms. The van der Waals surface area contributed by atoms with Gasteiger partial charge in [0.2, 0.25) is 5.82 Å². The molecular weight excluding hydrogens is 342 g/mol. The number of hydrogen-bond acceptors (Lipinski definition) is 9. The van der Waals surface area contributed by atoms with Crippen LogP contribution in [0.3, 0.4) is 0 Å². The normalized spacial score (nSPS) is 14.7. The molecular formula is C16H17N5O5. The van der Waals surface area contributed by atoms with Crippen molar-refractivity contribution >= 4 is 17.5 Å². The Morgan fingerprint density at radius 3 is 2.73 bits per heavy atom. The Kier molecular flexibility index (Phi) is 5.20. The summed E-state index contributed by atoms with van der Waals surface area (Å²) < 4.78 is 10.3. The Balaban J connectivity index is 1.85. The number of hydrogen-bond donors (Lipinski definition) is 0. The molecule has 3 rings (SSSR count). The molecule has 1 aliphatic rings. The summed E-state index contributed by atoms with van der Waals surface area (Å²) in [5, 5.41) is 11.6. The van der Waals surface area contributed by atoms with Gasteiger partial charge in [-0.25, -0.2) is 4.98 Å². The zero-order valence-electron chi connectivity index (χ0n) is 14.1. The molecule has 0 atom stereocenters. The van der Waals surface area contributed by atoms with Gasteiger partial charge in [-0.05, 0) is 25.0 Å². The molecule has 0 spiro atoms. The van der Waals surface area contributed by atoms with E-state index in [2.05, 4.69) is 15.0 Å². The summed E-state index contributed by atoms with van der Waals surface area (Å²) >= 11 is 0. The monoisotopic (exact) mass is 359 g/mol. The molecule has 1 saturated heterocycles. The van der Waals surface area contributed by atoms with Gasteiger partial charge in [-0.15, -0.1) is 0 Å². The van der Waals surface area contributed by atoms with E-state index in [4.69, 9.17) is 9.47 Å². The number of methoxy groups -OCH3 is 1. The maximum absolute atomic E-state index is 11.6. The summed E-state index contributed by atoms with van der Waals surface area (Å²) in [4.78, 5) is 36.4. The van der Waals surface area contributed by atoms with E-state index in [0.29, 0.717) is 31.7 Å². The number of carbonyl (C=O) groups excluding carboxylic acids is 1. The van der Waals surface area contributed by atoms with Gasteiger partial charge in [0, 0.05) is 19.3 Å². The van der Waals surface area contributed by atoms with Crippen LogP contribution >= 0.6 is 0 Å². The lowest BCUT2D eigenvalue weighted by Crippen LogP contribution is -2.37. The molecule has 0 unspecified atom stereocenters. The molecule has 0 amide bonds. The largest absolute Gasteiger partial charge is 0.469 e. The maximum Gasteiger partial charge on any atom is 0.373 e. The summed E-state index contributed by atoms with van der Waals surface area (Å²) in [7, 11) is 1.35. The maximum atomic E-state index is 11.6. The van der Waals surface area contributed by atoms with Gasteiger partial charge in [-0.1, -0.05) is 0 Å². The van der Waals surface area contributed by atoms with Crippen LogP contribution in [-0.2, 0) is 9.53 Å². The van der Waals surface area contributed by atoms with E-state index >= 15 is 0 Å². The number of anilines is 1. The van der Waals surface area contributed by atoms with Crippen LogP contribution in [0.5, 0.6) is 11.6 Å². The second-order valence-corrected chi connectivity index (χ2v) is 5.68. The summed E-state index contributed by atoms with van der Waals surface area (Å²) in [6.07, 6.45) is 5.30. The highest BCUT2D eigenvalue weighted by molar-refractivity contribution is 5.73. The van der Waals surface area contributed by atoms with Crippen molar-refractivity contribution < 1.29 is 19.2 Å². The minimum Gasteiger partial charge on any atom is -0.469 e. The first-order valence-electron chi connectivity index (χ1n) is 8.00. The molecule has 0 aliphatic carbocycles. The van der Waals surface area contributed by atoms with Gasteiger partial charge >= 0.3 is 17.5 Å². The van der Waals surface area contributed by atoms with Gasteiger partial charge in [0.25, 0.3) is 0 Å². The van der Waals surface area contributed by atoms with Crippen LogP contribution in [0.1, 0.15) is 12.8 Å². The Morgan fingerprint density at radius 1 is 1.35 bits per heavy atom. The van der Waals surface area contributed by atoms with Crippen molar-refractivity contribution in [1.82, 2.24) is 15.0 Å². The van der Waals surface area contributed by atoms with Gasteiger partial charge in [0.15, 0.2) is 0 Å². The molecule has 10 heteroatoms. The van der Waals surface area contributed by atoms with Gasteiger partial charge in [-0.2, -0.15) is 4.98 Å². The number of nitro groups is 1. The lowest BCUT2D eigenvalue weighted by molar-refractivity contribution is -0.385. The van der Waals surface area contributed by atoms with E-state index in [1.807, 2.05) is 0 Å². The summed E-state index contributed by atoms with van der Waals surface area (Å²) in [6.45, 7) is 0.897. The highest BCUT2D eigenvalue weighted by Crippen LogP contribution is 2.37. The molecule has 0 aromatic carbocycles. The highest BCUT2D eigenvalue weighted by Gasteiger charge is 2.33. The Labute approximate surface area is 148 Å². The molecule has 1 aliphatic heterocycles. The molecule has 1 fully saturated rings. The number of carbonyl (C=O) groups is 1. The molecule has 0 N–H and O–H groups in total. The molecule has 0 saturated carbocycles. The van der Waals surface area contributed by atoms with E-state index in [-0.39, 0.29) is 29.3 Å². The van der Waals surface area contributed by atoms with Crippen molar-refractivity contribution in [3.05, 3.63) is 41.0 Å². The van der Waals surface area contributed by atoms with E-state index < -0.39 is 4.92 Å². The van der Waals surface area contributed by atoms with E-state index in [1.54, 1.807) is 23.2 Å². The van der Waals surface area contributed by atoms with Gasteiger partial charge in [0.1, 0.15) is 12.1 Å². The first kappa shape index (κ1) is 17.5. The van der Waals surface area contributed by atoms with E-state index in [9.17, 15) is 14.9 Å². The van der Waals surface area contributed by atoms with Crippen molar-refractivity contribution in [1.29, 1.82) is 0 Å². The molecule has 136 valence electrons. The third-order valence-electron chi connectivity index (χ3n) is 4.13. The van der Waals surface area contributed by atoms with Crippen LogP contribution in [0.2, 0.25) is 0 Å². The van der Waals surface area contributed by atoms with Crippen LogP contribution in [0.4, 0.5) is 11.5 Å². The SMILES string of the molecule is COC(=O)C1CCN(c2ncnc(Oc3cccnc3)c2[N+](=O)[O-])CC1. The Hall–Kier alpha value is -3.30. The predicted molar refractivity (Wildman–Crippen MR) is 90.0 cm³/mol. The fraction of sp³-hybridized carbons (Fsp3) is 0.375. The zero-order valence-corrected chi connectivity index (χ0v) is 14.1. The Morgan fingerprint density at radius 2 is 2.12 bits per heavy atom. The summed E-state index contributed by atoms with van der Waals surface area (Å²) in [6, 6.07) is 3.28. The number of esters is 1. The lowest BCUT2D eigenvalue weighted by atomic mass is 9.97. The molecule has 3 heterocycles. The second kappa shape index (κ2) is 7.72. The van der Waals surface area contributed by atoms with Crippen molar-refractivity contribution in [3.63, 3.8) is 0 Å². The fourth-order valence-corrected chi connectivity index (χ4v) is 2.83. The third-order valence-corrected chi connectivity index (χ3v) is 4.13. The third kappa shape index (κ3) is 3.68. The zero-order chi connectivity index (χ0) is 18.5. The highest BCUT2D eigenvalue weighted by atomic mass is 16.6. The van der Waals surface area contributed by atoms with Gasteiger partial charge in [-0.3, -0.25) is 19.9 Å². The van der Waals surface area contributed by atoms with Gasteiger partial charge in [0.05, 0.1) is 24.1 Å². The van der Waals surface area contributed by atoms with Crippen LogP contribution in [0.25, 0.3) is 0 Å². The predicted octanol–water partition coefficient (Wildman–Crippen LogP) is 1.96. The van der Waals surface area contributed by atoms with E-state index in [0.717, 1.165) is 0 Å². The lowest BCUT2D eigenvalue weighted by Gasteiger charge is -2.31. The number of aromatic nitrogens is 3. The second-order valence-electron chi connectivity index (χ2n) is 5.68. The smallest absolute Gasteiger partial charge is 0.373 e. The average molecular weight is 359 g/mol. The van der Waals surface area contributed by atoms with Crippen LogP contribution in [-0.4, -0.2) is 46.0 Å². The molecule has 0 bridgehead atoms. The minimum absolute atomic E-state index is 0.150. The molecule has 2 aromatic rings. The minimum atomic E-state index is -0.562. The first-order chi connectivity index (χ1) is 12.6. The van der Waals surface area contributed by atoms with Crippen molar-refractivity contribution in [3.8, 4) is 11.6 Å². The molecule has 10 nitrogen and oxygen atoms in total. The Bertz CT molecular complexity index is 793. The first-order valence-corrected chi connectivity index (χ1v) is 8.00.